The van der Waals surface area contributed by atoms with Crippen LogP contribution in [0.5, 0.6) is 0 Å². The van der Waals surface area contributed by atoms with Crippen LogP contribution >= 0.6 is 0 Å². The van der Waals surface area contributed by atoms with E-state index in [-0.39, 0.29) is 5.97 Å². The van der Waals surface area contributed by atoms with E-state index in [0.717, 1.165) is 0 Å². The molecule has 0 saturated carbocycles. The number of hydrogen-bond acceptors (Lipinski definition) is 4. The maximum atomic E-state index is 10.9. The number of ether oxygens (including phenoxy) is 1. The Bertz CT molecular complexity index is 283. The first-order valence-electron chi connectivity index (χ1n) is 4.16. The van der Waals surface area contributed by atoms with Gasteiger partial charge in [-0.15, -0.1) is 0 Å². The Morgan fingerprint density at radius 3 is 3.08 bits per heavy atom. The Labute approximate surface area is 76.5 Å². The van der Waals surface area contributed by atoms with E-state index in [2.05, 4.69) is 5.10 Å². The van der Waals surface area contributed by atoms with E-state index < -0.39 is 0 Å². The van der Waals surface area contributed by atoms with Gasteiger partial charge in [-0.3, -0.25) is 9.48 Å². The number of rotatable bonds is 4. The quantitative estimate of drug-likeness (QED) is 0.687. The number of aromatic nitrogens is 2. The van der Waals surface area contributed by atoms with Gasteiger partial charge < -0.3 is 10.5 Å². The van der Waals surface area contributed by atoms with Crippen LogP contribution in [-0.4, -0.2) is 22.4 Å². The van der Waals surface area contributed by atoms with Crippen LogP contribution in [0.4, 0.5) is 5.69 Å². The fourth-order valence-electron chi connectivity index (χ4n) is 0.941. The molecule has 0 aliphatic carbocycles. The maximum Gasteiger partial charge on any atom is 0.307 e. The molecule has 0 aliphatic rings. The number of nitrogens with two attached hydrogens (primary N) is 1. The Balaban J connectivity index is 2.30. The largest absolute Gasteiger partial charge is 0.466 e. The predicted octanol–water partition coefficient (Wildman–Crippen LogP) is 0.418. The first kappa shape index (κ1) is 9.57. The van der Waals surface area contributed by atoms with Crippen LogP contribution in [0.15, 0.2) is 12.4 Å². The standard InChI is InChI=1S/C8H13N3O2/c1-2-13-8(12)3-4-11-6-7(9)5-10-11/h5-6H,2-4,9H2,1H3. The highest BCUT2D eigenvalue weighted by Gasteiger charge is 2.02. The van der Waals surface area contributed by atoms with Crippen molar-refractivity contribution >= 4 is 11.7 Å². The van der Waals surface area contributed by atoms with E-state index in [4.69, 9.17) is 10.5 Å². The van der Waals surface area contributed by atoms with Gasteiger partial charge in [-0.1, -0.05) is 0 Å². The van der Waals surface area contributed by atoms with Gasteiger partial charge in [0, 0.05) is 6.20 Å². The second kappa shape index (κ2) is 4.49. The molecular weight excluding hydrogens is 170 g/mol. The Hall–Kier alpha value is -1.52. The van der Waals surface area contributed by atoms with Crippen LogP contribution in [0.1, 0.15) is 13.3 Å². The molecule has 5 nitrogen and oxygen atoms in total. The monoisotopic (exact) mass is 183 g/mol. The van der Waals surface area contributed by atoms with Crippen molar-refractivity contribution in [1.82, 2.24) is 9.78 Å². The smallest absolute Gasteiger partial charge is 0.307 e. The molecule has 13 heavy (non-hydrogen) atoms. The summed E-state index contributed by atoms with van der Waals surface area (Å²) in [6.45, 7) is 2.71. The summed E-state index contributed by atoms with van der Waals surface area (Å²) >= 11 is 0. The summed E-state index contributed by atoms with van der Waals surface area (Å²) in [5.41, 5.74) is 6.04. The number of nitrogen functional groups attached to an aromatic ring is 1. The molecule has 0 aromatic carbocycles. The van der Waals surface area contributed by atoms with E-state index in [9.17, 15) is 4.79 Å². The average Bonchev–Trinajstić information content (AvgIpc) is 2.49. The van der Waals surface area contributed by atoms with Gasteiger partial charge in [0.15, 0.2) is 0 Å². The number of aryl methyl sites for hydroxylation is 1. The number of esters is 1. The lowest BCUT2D eigenvalue weighted by Gasteiger charge is -2.01. The van der Waals surface area contributed by atoms with Crippen molar-refractivity contribution in [2.75, 3.05) is 12.3 Å². The lowest BCUT2D eigenvalue weighted by Crippen LogP contribution is -2.09. The molecule has 5 heteroatoms. The molecule has 0 radical (unpaired) electrons. The molecule has 1 rings (SSSR count). The highest BCUT2D eigenvalue weighted by molar-refractivity contribution is 5.69. The van der Waals surface area contributed by atoms with E-state index >= 15 is 0 Å². The fraction of sp³-hybridized carbons (Fsp3) is 0.500. The summed E-state index contributed by atoms with van der Waals surface area (Å²) in [6.07, 6.45) is 3.55. The van der Waals surface area contributed by atoms with Crippen LogP contribution in [0, 0.1) is 0 Å². The van der Waals surface area contributed by atoms with Crippen molar-refractivity contribution in [1.29, 1.82) is 0 Å². The third-order valence-corrected chi connectivity index (χ3v) is 1.50. The fourth-order valence-corrected chi connectivity index (χ4v) is 0.941. The van der Waals surface area contributed by atoms with Crippen LogP contribution in [0.3, 0.4) is 0 Å². The molecule has 72 valence electrons. The van der Waals surface area contributed by atoms with E-state index in [1.165, 1.54) is 0 Å². The van der Waals surface area contributed by atoms with Gasteiger partial charge in [0.25, 0.3) is 0 Å². The van der Waals surface area contributed by atoms with Gasteiger partial charge in [-0.25, -0.2) is 0 Å². The Morgan fingerprint density at radius 2 is 2.54 bits per heavy atom. The molecular formula is C8H13N3O2. The van der Waals surface area contributed by atoms with Crippen LogP contribution in [-0.2, 0) is 16.1 Å². The summed E-state index contributed by atoms with van der Waals surface area (Å²) in [5, 5.41) is 3.93. The minimum Gasteiger partial charge on any atom is -0.466 e. The van der Waals surface area contributed by atoms with Crippen LogP contribution in [0.25, 0.3) is 0 Å². The lowest BCUT2D eigenvalue weighted by molar-refractivity contribution is -0.143. The summed E-state index contributed by atoms with van der Waals surface area (Å²) in [6, 6.07) is 0. The average molecular weight is 183 g/mol. The van der Waals surface area contributed by atoms with Crippen LogP contribution in [0.2, 0.25) is 0 Å². The SMILES string of the molecule is CCOC(=O)CCn1cc(N)cn1. The van der Waals surface area contributed by atoms with Crippen molar-refractivity contribution in [2.24, 2.45) is 0 Å². The first-order valence-corrected chi connectivity index (χ1v) is 4.16. The zero-order valence-electron chi connectivity index (χ0n) is 7.56. The summed E-state index contributed by atoms with van der Waals surface area (Å²) in [5.74, 6) is -0.212. The van der Waals surface area contributed by atoms with Gasteiger partial charge in [-0.05, 0) is 6.92 Å². The van der Waals surface area contributed by atoms with Gasteiger partial charge in [0.2, 0.25) is 0 Å². The molecule has 0 unspecified atom stereocenters. The van der Waals surface area contributed by atoms with E-state index in [1.807, 2.05) is 0 Å². The molecule has 1 aromatic heterocycles. The predicted molar refractivity (Wildman–Crippen MR) is 47.9 cm³/mol. The molecule has 0 aliphatic heterocycles. The third-order valence-electron chi connectivity index (χ3n) is 1.50. The number of anilines is 1. The molecule has 0 spiro atoms. The third kappa shape index (κ3) is 3.14. The van der Waals surface area contributed by atoms with Crippen molar-refractivity contribution in [3.8, 4) is 0 Å². The van der Waals surface area contributed by atoms with Crippen molar-refractivity contribution in [3.63, 3.8) is 0 Å². The second-order valence-corrected chi connectivity index (χ2v) is 2.59. The van der Waals surface area contributed by atoms with E-state index in [0.29, 0.717) is 25.3 Å². The normalized spacial score (nSPS) is 9.92. The molecule has 0 bridgehead atoms. The summed E-state index contributed by atoms with van der Waals surface area (Å²) in [4.78, 5) is 10.9. The number of carbonyl (C=O) groups is 1. The molecule has 1 aromatic rings. The Kier molecular flexibility index (Phi) is 3.31. The molecule has 0 saturated heterocycles. The van der Waals surface area contributed by atoms with Crippen molar-refractivity contribution in [2.45, 2.75) is 19.9 Å². The summed E-state index contributed by atoms with van der Waals surface area (Å²) in [7, 11) is 0. The van der Waals surface area contributed by atoms with E-state index in [1.54, 1.807) is 24.0 Å². The summed E-state index contributed by atoms with van der Waals surface area (Å²) < 4.78 is 6.38. The van der Waals surface area contributed by atoms with Gasteiger partial charge >= 0.3 is 5.97 Å². The lowest BCUT2D eigenvalue weighted by atomic mass is 10.4. The first-order chi connectivity index (χ1) is 6.22. The van der Waals surface area contributed by atoms with Gasteiger partial charge in [0.1, 0.15) is 0 Å². The van der Waals surface area contributed by atoms with Crippen molar-refractivity contribution < 1.29 is 9.53 Å². The Morgan fingerprint density at radius 1 is 1.77 bits per heavy atom. The minimum atomic E-state index is -0.212. The van der Waals surface area contributed by atoms with Crippen molar-refractivity contribution in [3.05, 3.63) is 12.4 Å². The number of hydrogen-bond donors (Lipinski definition) is 1. The zero-order valence-corrected chi connectivity index (χ0v) is 7.56. The molecule has 0 atom stereocenters. The maximum absolute atomic E-state index is 10.9. The molecule has 1 heterocycles. The number of carbonyl (C=O) groups excluding carboxylic acids is 1. The highest BCUT2D eigenvalue weighted by Crippen LogP contribution is 1.99. The highest BCUT2D eigenvalue weighted by atomic mass is 16.5. The second-order valence-electron chi connectivity index (χ2n) is 2.59. The van der Waals surface area contributed by atoms with Gasteiger partial charge in [-0.2, -0.15) is 5.10 Å². The minimum absolute atomic E-state index is 0.212. The molecule has 2 N–H and O–H groups in total. The zero-order chi connectivity index (χ0) is 9.68. The van der Waals surface area contributed by atoms with Gasteiger partial charge in [0.05, 0.1) is 31.5 Å². The number of nitrogens with zero attached hydrogens (tertiary/aromatic N) is 2. The molecule has 0 amide bonds. The molecule has 0 fully saturated rings. The van der Waals surface area contributed by atoms with Crippen LogP contribution < -0.4 is 5.73 Å². The topological polar surface area (TPSA) is 70.1 Å².